The minimum absolute atomic E-state index is 0. The Hall–Kier alpha value is 0.465. The van der Waals surface area contributed by atoms with Crippen LogP contribution >= 0.6 is 0 Å². The number of carbonyl (C=O) groups is 1. The quantitative estimate of drug-likeness (QED) is 0.251. The van der Waals surface area contributed by atoms with E-state index in [1.165, 1.54) is 0 Å². The van der Waals surface area contributed by atoms with E-state index in [0.29, 0.717) is 0 Å². The van der Waals surface area contributed by atoms with Gasteiger partial charge >= 0.3 is 43.7 Å². The number of aliphatic hydroxyl groups excluding tert-OH is 5. The molecule has 0 aliphatic heterocycles. The SMILES string of the molecule is O=C(O)[C@H](O)[C@@H](O)[C@H](O)[C@H](O)CO.[LiH].[LiH]. The molecule has 0 bridgehead atoms. The number of aliphatic hydroxyl groups is 5. The van der Waals surface area contributed by atoms with Crippen molar-refractivity contribution in [2.75, 3.05) is 6.61 Å². The molecule has 4 atom stereocenters. The summed E-state index contributed by atoms with van der Waals surface area (Å²) >= 11 is 0. The van der Waals surface area contributed by atoms with Gasteiger partial charge in [-0.05, 0) is 0 Å². The van der Waals surface area contributed by atoms with Gasteiger partial charge in [-0.15, -0.1) is 0 Å². The fraction of sp³-hybridized carbons (Fsp3) is 0.833. The van der Waals surface area contributed by atoms with Crippen molar-refractivity contribution in [1.82, 2.24) is 0 Å². The van der Waals surface area contributed by atoms with Crippen molar-refractivity contribution in [2.45, 2.75) is 24.4 Å². The molecule has 0 saturated carbocycles. The average Bonchev–Trinajstić information content (AvgIpc) is 2.12. The fourth-order valence-corrected chi connectivity index (χ4v) is 0.668. The van der Waals surface area contributed by atoms with Gasteiger partial charge < -0.3 is 30.6 Å². The van der Waals surface area contributed by atoms with E-state index in [0.717, 1.165) is 0 Å². The van der Waals surface area contributed by atoms with Crippen molar-refractivity contribution in [1.29, 1.82) is 0 Å². The Balaban J connectivity index is -0.000000720. The van der Waals surface area contributed by atoms with Crippen molar-refractivity contribution in [3.63, 3.8) is 0 Å². The monoisotopic (exact) mass is 212 g/mol. The molecule has 0 amide bonds. The summed E-state index contributed by atoms with van der Waals surface area (Å²) in [5.41, 5.74) is 0. The molecule has 6 N–H and O–H groups in total. The van der Waals surface area contributed by atoms with Crippen LogP contribution in [0.5, 0.6) is 0 Å². The number of carboxylic acids is 1. The van der Waals surface area contributed by atoms with Gasteiger partial charge in [0.15, 0.2) is 6.10 Å². The summed E-state index contributed by atoms with van der Waals surface area (Å²) in [4.78, 5) is 10.1. The summed E-state index contributed by atoms with van der Waals surface area (Å²) in [5, 5.41) is 51.8. The molecule has 7 nitrogen and oxygen atoms in total. The third kappa shape index (κ3) is 6.59. The van der Waals surface area contributed by atoms with Gasteiger partial charge in [-0.2, -0.15) is 0 Å². The number of rotatable bonds is 5. The summed E-state index contributed by atoms with van der Waals surface area (Å²) in [6, 6.07) is 0. The molecule has 0 saturated heterocycles. The minimum atomic E-state index is -2.20. The first kappa shape index (κ1) is 20.8. The van der Waals surface area contributed by atoms with E-state index in [9.17, 15) is 4.79 Å². The van der Waals surface area contributed by atoms with E-state index in [4.69, 9.17) is 30.6 Å². The molecule has 0 spiro atoms. The first-order chi connectivity index (χ1) is 5.91. The van der Waals surface area contributed by atoms with Crippen LogP contribution in [-0.2, 0) is 4.79 Å². The Morgan fingerprint density at radius 2 is 1.40 bits per heavy atom. The van der Waals surface area contributed by atoms with Crippen LogP contribution in [0, 0.1) is 0 Å². The number of carboxylic acid groups (broad SMARTS) is 1. The Morgan fingerprint density at radius 3 is 1.67 bits per heavy atom. The molecule has 9 heteroatoms. The van der Waals surface area contributed by atoms with Crippen molar-refractivity contribution >= 4 is 43.7 Å². The molecule has 0 radical (unpaired) electrons. The predicted octanol–water partition coefficient (Wildman–Crippen LogP) is -4.79. The van der Waals surface area contributed by atoms with Crippen LogP contribution in [0.3, 0.4) is 0 Å². The molecule has 0 aromatic heterocycles. The van der Waals surface area contributed by atoms with E-state index in [2.05, 4.69) is 0 Å². The zero-order valence-electron chi connectivity index (χ0n) is 6.61. The van der Waals surface area contributed by atoms with Gasteiger partial charge in [-0.25, -0.2) is 4.79 Å². The molecule has 0 fully saturated rings. The second kappa shape index (κ2) is 9.67. The maximum absolute atomic E-state index is 10.1. The van der Waals surface area contributed by atoms with E-state index >= 15 is 0 Å². The summed E-state index contributed by atoms with van der Waals surface area (Å²) in [7, 11) is 0. The Kier molecular flexibility index (Phi) is 13.4. The van der Waals surface area contributed by atoms with Crippen molar-refractivity contribution in [3.05, 3.63) is 0 Å². The predicted molar refractivity (Wildman–Crippen MR) is 53.0 cm³/mol. The average molecular weight is 212 g/mol. The Labute approximate surface area is 110 Å². The van der Waals surface area contributed by atoms with Gasteiger partial charge in [0.05, 0.1) is 6.61 Å². The van der Waals surface area contributed by atoms with Crippen LogP contribution in [0.15, 0.2) is 0 Å². The first-order valence-corrected chi connectivity index (χ1v) is 3.47. The van der Waals surface area contributed by atoms with E-state index in [1.807, 2.05) is 0 Å². The third-order valence-corrected chi connectivity index (χ3v) is 1.51. The first-order valence-electron chi connectivity index (χ1n) is 3.47. The van der Waals surface area contributed by atoms with Crippen molar-refractivity contribution in [3.8, 4) is 0 Å². The standard InChI is InChI=1S/C6H12O7.2Li.2H/c7-1-2(8)3(9)4(10)5(11)6(12)13;;;;/h2-5,7-11H,1H2,(H,12,13);;;;/t2-,3-,4+,5-;;;;/m1..../s1. The Bertz CT molecular complexity index is 179. The van der Waals surface area contributed by atoms with E-state index < -0.39 is 37.0 Å². The fourth-order valence-electron chi connectivity index (χ4n) is 0.668. The summed E-state index contributed by atoms with van der Waals surface area (Å²) in [6.07, 6.45) is -7.84. The van der Waals surface area contributed by atoms with Crippen LogP contribution < -0.4 is 0 Å². The molecule has 0 unspecified atom stereocenters. The molecular weight excluding hydrogens is 198 g/mol. The van der Waals surface area contributed by atoms with Gasteiger partial charge in [0, 0.05) is 0 Å². The second-order valence-corrected chi connectivity index (χ2v) is 2.51. The molecule has 0 heterocycles. The molecule has 0 aliphatic carbocycles. The summed E-state index contributed by atoms with van der Waals surface area (Å²) in [5.74, 6) is -1.73. The normalized spacial score (nSPS) is 17.7. The molecular formula is C6H14Li2O7. The van der Waals surface area contributed by atoms with Crippen LogP contribution in [0.25, 0.3) is 0 Å². The van der Waals surface area contributed by atoms with Crippen LogP contribution in [0.1, 0.15) is 0 Å². The van der Waals surface area contributed by atoms with Gasteiger partial charge in [0.2, 0.25) is 0 Å². The zero-order valence-corrected chi connectivity index (χ0v) is 6.61. The second-order valence-electron chi connectivity index (χ2n) is 2.51. The van der Waals surface area contributed by atoms with Crippen LogP contribution in [-0.4, -0.2) is 105 Å². The van der Waals surface area contributed by atoms with Crippen LogP contribution in [0.4, 0.5) is 0 Å². The van der Waals surface area contributed by atoms with Gasteiger partial charge in [-0.3, -0.25) is 0 Å². The van der Waals surface area contributed by atoms with Gasteiger partial charge in [0.1, 0.15) is 18.3 Å². The zero-order chi connectivity index (χ0) is 10.6. The number of hydrogen-bond donors (Lipinski definition) is 6. The van der Waals surface area contributed by atoms with E-state index in [-0.39, 0.29) is 37.7 Å². The number of aliphatic carboxylic acids is 1. The molecule has 15 heavy (non-hydrogen) atoms. The Morgan fingerprint density at radius 1 is 1.00 bits per heavy atom. The topological polar surface area (TPSA) is 138 Å². The summed E-state index contributed by atoms with van der Waals surface area (Å²) in [6.45, 7) is -0.843. The van der Waals surface area contributed by atoms with Crippen molar-refractivity contribution in [2.24, 2.45) is 0 Å². The van der Waals surface area contributed by atoms with Crippen LogP contribution in [0.2, 0.25) is 0 Å². The van der Waals surface area contributed by atoms with Gasteiger partial charge in [0.25, 0.3) is 0 Å². The van der Waals surface area contributed by atoms with Gasteiger partial charge in [-0.1, -0.05) is 0 Å². The molecule has 82 valence electrons. The van der Waals surface area contributed by atoms with E-state index in [1.54, 1.807) is 0 Å². The van der Waals surface area contributed by atoms with Crippen molar-refractivity contribution < 1.29 is 35.4 Å². The molecule has 0 aromatic carbocycles. The molecule has 0 rings (SSSR count). The number of hydrogen-bond acceptors (Lipinski definition) is 6. The molecule has 0 aromatic rings. The maximum atomic E-state index is 10.1. The summed E-state index contributed by atoms with van der Waals surface area (Å²) < 4.78 is 0. The molecule has 0 aliphatic rings. The third-order valence-electron chi connectivity index (χ3n) is 1.51.